The molecule has 1 aromatic heterocycles. The summed E-state index contributed by atoms with van der Waals surface area (Å²) in [5.74, 6) is 4.92. The topological polar surface area (TPSA) is 58.4 Å². The summed E-state index contributed by atoms with van der Waals surface area (Å²) in [5, 5.41) is 0. The number of hydrazine groups is 1. The quantitative estimate of drug-likeness (QED) is 0.488. The van der Waals surface area contributed by atoms with Crippen molar-refractivity contribution in [2.24, 2.45) is 5.84 Å². The molecule has 1 fully saturated rings. The fourth-order valence-corrected chi connectivity index (χ4v) is 3.36. The normalized spacial score (nSPS) is 20.7. The molecule has 1 amide bonds. The average Bonchev–Trinajstić information content (AvgIpc) is 2.97. The third kappa shape index (κ3) is 2.86. The fraction of sp³-hybridized carbons (Fsp3) is 0.583. The van der Waals surface area contributed by atoms with Gasteiger partial charge in [-0.15, -0.1) is 11.3 Å². The van der Waals surface area contributed by atoms with Crippen LogP contribution in [0.2, 0.25) is 0 Å². The highest BCUT2D eigenvalue weighted by Gasteiger charge is 2.23. The first-order valence-electron chi connectivity index (χ1n) is 6.08. The lowest BCUT2D eigenvalue weighted by Gasteiger charge is -2.22. The van der Waals surface area contributed by atoms with Crippen molar-refractivity contribution in [3.8, 4) is 0 Å². The predicted molar refractivity (Wildman–Crippen MR) is 69.7 cm³/mol. The Morgan fingerprint density at radius 2 is 2.47 bits per heavy atom. The summed E-state index contributed by atoms with van der Waals surface area (Å²) in [6.07, 6.45) is 3.81. The maximum absolute atomic E-state index is 11.3. The first-order chi connectivity index (χ1) is 8.24. The number of nitrogens with one attached hydrogen (secondary N) is 1. The minimum atomic E-state index is -0.199. The van der Waals surface area contributed by atoms with Crippen LogP contribution in [0.1, 0.15) is 40.7 Å². The van der Waals surface area contributed by atoms with Crippen molar-refractivity contribution < 1.29 is 4.79 Å². The molecule has 1 aromatic rings. The van der Waals surface area contributed by atoms with Gasteiger partial charge >= 0.3 is 0 Å². The molecule has 2 rings (SSSR count). The molecule has 1 unspecified atom stereocenters. The van der Waals surface area contributed by atoms with Gasteiger partial charge in [0, 0.05) is 17.5 Å². The van der Waals surface area contributed by atoms with Gasteiger partial charge in [0.15, 0.2) is 0 Å². The molecule has 1 aliphatic heterocycles. The van der Waals surface area contributed by atoms with E-state index in [9.17, 15) is 4.79 Å². The molecule has 1 aliphatic rings. The van der Waals surface area contributed by atoms with Crippen LogP contribution >= 0.6 is 11.3 Å². The second kappa shape index (κ2) is 5.62. The number of hydrogen-bond acceptors (Lipinski definition) is 4. The zero-order chi connectivity index (χ0) is 12.3. The molecule has 0 spiro atoms. The number of hydrogen-bond donors (Lipinski definition) is 2. The standard InChI is InChI=1S/C12H19N3OS/c1-2-9-4-3-7-15(9)8-10-5-6-11(17-10)12(16)14-13/h5-6,9H,2-4,7-8,13H2,1H3,(H,14,16). The molecule has 2 heterocycles. The van der Waals surface area contributed by atoms with Crippen LogP contribution in [0.5, 0.6) is 0 Å². The number of nitrogen functional groups attached to an aromatic ring is 1. The summed E-state index contributed by atoms with van der Waals surface area (Å²) in [6, 6.07) is 4.59. The zero-order valence-electron chi connectivity index (χ0n) is 10.1. The number of carbonyl (C=O) groups is 1. The summed E-state index contributed by atoms with van der Waals surface area (Å²) in [6.45, 7) is 4.38. The Hall–Kier alpha value is -0.910. The molecule has 1 saturated heterocycles. The van der Waals surface area contributed by atoms with Crippen LogP contribution in [-0.4, -0.2) is 23.4 Å². The van der Waals surface area contributed by atoms with Crippen LogP contribution in [0, 0.1) is 0 Å². The Morgan fingerprint density at radius 3 is 3.18 bits per heavy atom. The van der Waals surface area contributed by atoms with Crippen LogP contribution in [0.4, 0.5) is 0 Å². The summed E-state index contributed by atoms with van der Waals surface area (Å²) in [5.41, 5.74) is 2.17. The van der Waals surface area contributed by atoms with Gasteiger partial charge in [-0.25, -0.2) is 5.84 Å². The highest BCUT2D eigenvalue weighted by Crippen LogP contribution is 2.25. The molecular formula is C12H19N3OS. The van der Waals surface area contributed by atoms with Crippen molar-refractivity contribution in [2.75, 3.05) is 6.54 Å². The molecule has 4 nitrogen and oxygen atoms in total. The number of nitrogens with zero attached hydrogens (tertiary/aromatic N) is 1. The summed E-state index contributed by atoms with van der Waals surface area (Å²) in [7, 11) is 0. The first kappa shape index (κ1) is 12.5. The molecule has 0 radical (unpaired) electrons. The Labute approximate surface area is 106 Å². The average molecular weight is 253 g/mol. The molecule has 1 atom stereocenters. The SMILES string of the molecule is CCC1CCCN1Cc1ccc(C(=O)NN)s1. The molecule has 17 heavy (non-hydrogen) atoms. The zero-order valence-corrected chi connectivity index (χ0v) is 10.9. The molecule has 5 heteroatoms. The second-order valence-corrected chi connectivity index (χ2v) is 5.58. The Balaban J connectivity index is 1.99. The van der Waals surface area contributed by atoms with Gasteiger partial charge in [-0.05, 0) is 37.9 Å². The summed E-state index contributed by atoms with van der Waals surface area (Å²) < 4.78 is 0. The maximum atomic E-state index is 11.3. The third-order valence-electron chi connectivity index (χ3n) is 3.35. The van der Waals surface area contributed by atoms with Gasteiger partial charge in [-0.1, -0.05) is 6.92 Å². The van der Waals surface area contributed by atoms with Gasteiger partial charge in [-0.3, -0.25) is 15.1 Å². The number of likely N-dealkylation sites (tertiary alicyclic amines) is 1. The van der Waals surface area contributed by atoms with Crippen molar-refractivity contribution >= 4 is 17.2 Å². The maximum Gasteiger partial charge on any atom is 0.275 e. The van der Waals surface area contributed by atoms with Gasteiger partial charge in [0.25, 0.3) is 5.91 Å². The Morgan fingerprint density at radius 1 is 1.65 bits per heavy atom. The van der Waals surface area contributed by atoms with E-state index in [2.05, 4.69) is 17.2 Å². The van der Waals surface area contributed by atoms with Crippen LogP contribution in [0.3, 0.4) is 0 Å². The number of carbonyl (C=O) groups excluding carboxylic acids is 1. The van der Waals surface area contributed by atoms with E-state index in [1.54, 1.807) is 0 Å². The van der Waals surface area contributed by atoms with Crippen LogP contribution < -0.4 is 11.3 Å². The van der Waals surface area contributed by atoms with E-state index in [1.807, 2.05) is 12.1 Å². The highest BCUT2D eigenvalue weighted by molar-refractivity contribution is 7.14. The Kier molecular flexibility index (Phi) is 4.15. The van der Waals surface area contributed by atoms with Crippen LogP contribution in [-0.2, 0) is 6.54 Å². The van der Waals surface area contributed by atoms with E-state index in [-0.39, 0.29) is 5.91 Å². The van der Waals surface area contributed by atoms with Crippen molar-refractivity contribution in [3.05, 3.63) is 21.9 Å². The van der Waals surface area contributed by atoms with Gasteiger partial charge in [0.2, 0.25) is 0 Å². The van der Waals surface area contributed by atoms with Crippen molar-refractivity contribution in [2.45, 2.75) is 38.8 Å². The van der Waals surface area contributed by atoms with Gasteiger partial charge < -0.3 is 0 Å². The molecule has 0 bridgehead atoms. The van der Waals surface area contributed by atoms with E-state index in [1.165, 1.54) is 42.0 Å². The van der Waals surface area contributed by atoms with Crippen LogP contribution in [0.25, 0.3) is 0 Å². The highest BCUT2D eigenvalue weighted by atomic mass is 32.1. The fourth-order valence-electron chi connectivity index (χ4n) is 2.42. The lowest BCUT2D eigenvalue weighted by Crippen LogP contribution is -2.29. The molecule has 0 aromatic carbocycles. The molecule has 3 N–H and O–H groups in total. The van der Waals surface area contributed by atoms with E-state index >= 15 is 0 Å². The summed E-state index contributed by atoms with van der Waals surface area (Å²) in [4.78, 5) is 15.8. The first-order valence-corrected chi connectivity index (χ1v) is 6.90. The minimum Gasteiger partial charge on any atom is -0.295 e. The monoisotopic (exact) mass is 253 g/mol. The molecule has 0 saturated carbocycles. The van der Waals surface area contributed by atoms with Gasteiger partial charge in [0.1, 0.15) is 0 Å². The number of thiophene rings is 1. The lowest BCUT2D eigenvalue weighted by molar-refractivity contribution is 0.0957. The van der Waals surface area contributed by atoms with E-state index in [0.29, 0.717) is 10.9 Å². The molecule has 94 valence electrons. The second-order valence-electron chi connectivity index (χ2n) is 4.41. The number of rotatable bonds is 4. The predicted octanol–water partition coefficient (Wildman–Crippen LogP) is 1.73. The largest absolute Gasteiger partial charge is 0.295 e. The summed E-state index contributed by atoms with van der Waals surface area (Å²) >= 11 is 1.53. The van der Waals surface area contributed by atoms with Crippen molar-refractivity contribution in [1.29, 1.82) is 0 Å². The van der Waals surface area contributed by atoms with Crippen molar-refractivity contribution in [1.82, 2.24) is 10.3 Å². The van der Waals surface area contributed by atoms with Crippen molar-refractivity contribution in [3.63, 3.8) is 0 Å². The lowest BCUT2D eigenvalue weighted by atomic mass is 10.2. The smallest absolute Gasteiger partial charge is 0.275 e. The Bertz CT molecular complexity index is 391. The van der Waals surface area contributed by atoms with Gasteiger partial charge in [0.05, 0.1) is 4.88 Å². The molecule has 0 aliphatic carbocycles. The van der Waals surface area contributed by atoms with Gasteiger partial charge in [-0.2, -0.15) is 0 Å². The minimum absolute atomic E-state index is 0.199. The van der Waals surface area contributed by atoms with E-state index < -0.39 is 0 Å². The van der Waals surface area contributed by atoms with Crippen LogP contribution in [0.15, 0.2) is 12.1 Å². The third-order valence-corrected chi connectivity index (χ3v) is 4.41. The van der Waals surface area contributed by atoms with E-state index in [4.69, 9.17) is 5.84 Å². The number of amides is 1. The van der Waals surface area contributed by atoms with E-state index in [0.717, 1.165) is 6.54 Å². The number of nitrogens with two attached hydrogens (primary N) is 1. The molecular weight excluding hydrogens is 234 g/mol.